The fourth-order valence-electron chi connectivity index (χ4n) is 2.34. The summed E-state index contributed by atoms with van der Waals surface area (Å²) in [6.07, 6.45) is 2.24. The molecule has 1 atom stereocenters. The molecule has 1 aliphatic rings. The van der Waals surface area contributed by atoms with E-state index in [9.17, 15) is 0 Å². The van der Waals surface area contributed by atoms with Crippen LogP contribution in [-0.4, -0.2) is 36.2 Å². The highest BCUT2D eigenvalue weighted by Crippen LogP contribution is 2.23. The summed E-state index contributed by atoms with van der Waals surface area (Å²) in [5.74, 6) is 0.833. The van der Waals surface area contributed by atoms with Gasteiger partial charge in [-0.3, -0.25) is 0 Å². The Hall–Kier alpha value is -0.410. The molecule has 2 N–H and O–H groups in total. The summed E-state index contributed by atoms with van der Waals surface area (Å²) in [5, 5.41) is 7.72. The average Bonchev–Trinajstić information content (AvgIpc) is 3.01. The molecule has 1 unspecified atom stereocenters. The van der Waals surface area contributed by atoms with Gasteiger partial charge in [0.05, 0.1) is 17.8 Å². The van der Waals surface area contributed by atoms with Crippen LogP contribution >= 0.6 is 35.3 Å². The van der Waals surface area contributed by atoms with E-state index >= 15 is 0 Å². The third-order valence-corrected chi connectivity index (χ3v) is 4.78. The maximum Gasteiger partial charge on any atom is 0.191 e. The largest absolute Gasteiger partial charge is 0.373 e. The van der Waals surface area contributed by atoms with Gasteiger partial charge in [0.2, 0.25) is 0 Å². The van der Waals surface area contributed by atoms with Crippen LogP contribution in [0.5, 0.6) is 0 Å². The number of nitrogens with one attached hydrogen (secondary N) is 2. The summed E-state index contributed by atoms with van der Waals surface area (Å²) in [6, 6.07) is 0. The smallest absolute Gasteiger partial charge is 0.191 e. The van der Waals surface area contributed by atoms with E-state index in [1.807, 2.05) is 6.92 Å². The summed E-state index contributed by atoms with van der Waals surface area (Å²) >= 11 is 1.72. The average molecular weight is 438 g/mol. The van der Waals surface area contributed by atoms with E-state index in [4.69, 9.17) is 4.74 Å². The number of halogens is 1. The first-order chi connectivity index (χ1) is 10.0. The van der Waals surface area contributed by atoms with Crippen LogP contribution in [-0.2, 0) is 11.3 Å². The summed E-state index contributed by atoms with van der Waals surface area (Å²) in [6.45, 7) is 11.5. The van der Waals surface area contributed by atoms with Crippen molar-refractivity contribution >= 4 is 41.3 Å². The van der Waals surface area contributed by atoms with Crippen LogP contribution in [0.4, 0.5) is 0 Å². The lowest BCUT2D eigenvalue weighted by atomic mass is 10.0. The van der Waals surface area contributed by atoms with E-state index in [0.29, 0.717) is 6.54 Å². The standard InChI is InChI=1S/C15H26N4OS.HI/c1-5-16-14(18-10-15(4)7-6-8-20-15)17-9-13-19-11(2)12(3)21-13;/h5-10H2,1-4H3,(H2,16,17,18);1H. The molecule has 0 aromatic carbocycles. The van der Waals surface area contributed by atoms with E-state index in [1.165, 1.54) is 4.88 Å². The van der Waals surface area contributed by atoms with Crippen LogP contribution in [0.15, 0.2) is 4.99 Å². The number of thiazole rings is 1. The molecule has 22 heavy (non-hydrogen) atoms. The molecule has 1 fully saturated rings. The Labute approximate surface area is 154 Å². The molecule has 1 aromatic rings. The minimum atomic E-state index is -0.0649. The van der Waals surface area contributed by atoms with Crippen LogP contribution in [0.1, 0.15) is 42.3 Å². The van der Waals surface area contributed by atoms with E-state index in [1.54, 1.807) is 11.3 Å². The van der Waals surface area contributed by atoms with Gasteiger partial charge < -0.3 is 15.4 Å². The van der Waals surface area contributed by atoms with Crippen LogP contribution < -0.4 is 10.6 Å². The second kappa shape index (κ2) is 9.02. The van der Waals surface area contributed by atoms with Crippen molar-refractivity contribution in [2.24, 2.45) is 4.99 Å². The Balaban J connectivity index is 0.00000242. The summed E-state index contributed by atoms with van der Waals surface area (Å²) in [7, 11) is 0. The molecule has 2 rings (SSSR count). The quantitative estimate of drug-likeness (QED) is 0.422. The Morgan fingerprint density at radius 3 is 2.73 bits per heavy atom. The Bertz CT molecular complexity index is 478. The molecule has 1 saturated heterocycles. The van der Waals surface area contributed by atoms with Gasteiger partial charge in [-0.1, -0.05) is 0 Å². The fourth-order valence-corrected chi connectivity index (χ4v) is 3.20. The maximum absolute atomic E-state index is 5.80. The normalized spacial score (nSPS) is 21.5. The van der Waals surface area contributed by atoms with Gasteiger partial charge in [-0.15, -0.1) is 35.3 Å². The second-order valence-electron chi connectivity index (χ2n) is 5.70. The van der Waals surface area contributed by atoms with Crippen LogP contribution in [0.3, 0.4) is 0 Å². The number of rotatable bonds is 5. The van der Waals surface area contributed by atoms with Gasteiger partial charge in [-0.25, -0.2) is 9.98 Å². The van der Waals surface area contributed by atoms with Gasteiger partial charge in [0.25, 0.3) is 0 Å². The molecule has 0 bridgehead atoms. The second-order valence-corrected chi connectivity index (χ2v) is 6.99. The van der Waals surface area contributed by atoms with Crippen LogP contribution in [0.25, 0.3) is 0 Å². The Morgan fingerprint density at radius 1 is 1.41 bits per heavy atom. The van der Waals surface area contributed by atoms with Gasteiger partial charge in [0, 0.05) is 24.6 Å². The molecule has 1 aliphatic heterocycles. The Morgan fingerprint density at radius 2 is 2.18 bits per heavy atom. The van der Waals surface area contributed by atoms with Crippen molar-refractivity contribution in [3.05, 3.63) is 15.6 Å². The summed E-state index contributed by atoms with van der Waals surface area (Å²) in [4.78, 5) is 10.4. The Kier molecular flexibility index (Phi) is 8.06. The summed E-state index contributed by atoms with van der Waals surface area (Å²) < 4.78 is 5.80. The molecule has 5 nitrogen and oxygen atoms in total. The van der Waals surface area contributed by atoms with E-state index in [0.717, 1.165) is 49.2 Å². The lowest BCUT2D eigenvalue weighted by Crippen LogP contribution is -2.45. The zero-order chi connectivity index (χ0) is 15.3. The molecule has 0 saturated carbocycles. The first-order valence-electron chi connectivity index (χ1n) is 7.61. The minimum absolute atomic E-state index is 0. The van der Waals surface area contributed by atoms with Gasteiger partial charge in [-0.2, -0.15) is 0 Å². The summed E-state index contributed by atoms with van der Waals surface area (Å²) in [5.41, 5.74) is 1.04. The molecule has 0 spiro atoms. The number of hydrogen-bond donors (Lipinski definition) is 2. The molecule has 0 aliphatic carbocycles. The number of aryl methyl sites for hydroxylation is 2. The van der Waals surface area contributed by atoms with Crippen molar-refractivity contribution in [1.82, 2.24) is 15.6 Å². The number of aromatic nitrogens is 1. The minimum Gasteiger partial charge on any atom is -0.373 e. The van der Waals surface area contributed by atoms with Crippen molar-refractivity contribution in [3.63, 3.8) is 0 Å². The van der Waals surface area contributed by atoms with Crippen LogP contribution in [0.2, 0.25) is 0 Å². The highest BCUT2D eigenvalue weighted by Gasteiger charge is 2.29. The van der Waals surface area contributed by atoms with E-state index < -0.39 is 0 Å². The maximum atomic E-state index is 5.80. The zero-order valence-corrected chi connectivity index (χ0v) is 17.0. The van der Waals surface area contributed by atoms with Crippen molar-refractivity contribution < 1.29 is 4.74 Å². The van der Waals surface area contributed by atoms with Crippen molar-refractivity contribution in [2.75, 3.05) is 19.7 Å². The van der Waals surface area contributed by atoms with Crippen LogP contribution in [0, 0.1) is 13.8 Å². The van der Waals surface area contributed by atoms with E-state index in [-0.39, 0.29) is 29.6 Å². The number of aliphatic imine (C=N–C) groups is 1. The first-order valence-corrected chi connectivity index (χ1v) is 8.43. The zero-order valence-electron chi connectivity index (χ0n) is 13.9. The number of ether oxygens (including phenoxy) is 1. The topological polar surface area (TPSA) is 58.5 Å². The molecule has 2 heterocycles. The lowest BCUT2D eigenvalue weighted by Gasteiger charge is -2.24. The van der Waals surface area contributed by atoms with Gasteiger partial charge in [-0.05, 0) is 40.5 Å². The molecule has 1 aromatic heterocycles. The monoisotopic (exact) mass is 438 g/mol. The predicted octanol–water partition coefficient (Wildman–Crippen LogP) is 3.00. The molecule has 126 valence electrons. The molecule has 7 heteroatoms. The molecule has 0 amide bonds. The highest BCUT2D eigenvalue weighted by molar-refractivity contribution is 14.0. The van der Waals surface area contributed by atoms with Gasteiger partial charge in [0.15, 0.2) is 5.96 Å². The van der Waals surface area contributed by atoms with Crippen molar-refractivity contribution in [2.45, 2.75) is 52.7 Å². The SMILES string of the molecule is CCNC(=NCc1nc(C)c(C)s1)NCC1(C)CCCO1.I. The van der Waals surface area contributed by atoms with Crippen molar-refractivity contribution in [3.8, 4) is 0 Å². The van der Waals surface area contributed by atoms with Gasteiger partial charge in [0.1, 0.15) is 5.01 Å². The molecule has 0 radical (unpaired) electrons. The number of hydrogen-bond acceptors (Lipinski definition) is 4. The lowest BCUT2D eigenvalue weighted by molar-refractivity contribution is 0.0243. The molecular weight excluding hydrogens is 411 g/mol. The fraction of sp³-hybridized carbons (Fsp3) is 0.733. The number of guanidine groups is 1. The third kappa shape index (κ3) is 5.66. The predicted molar refractivity (Wildman–Crippen MR) is 103 cm³/mol. The van der Waals surface area contributed by atoms with Crippen molar-refractivity contribution in [1.29, 1.82) is 0 Å². The third-order valence-electron chi connectivity index (χ3n) is 3.72. The highest BCUT2D eigenvalue weighted by atomic mass is 127. The van der Waals surface area contributed by atoms with Gasteiger partial charge >= 0.3 is 0 Å². The molecular formula is C15H27IN4OS. The number of nitrogens with zero attached hydrogens (tertiary/aromatic N) is 2. The van der Waals surface area contributed by atoms with E-state index in [2.05, 4.69) is 41.4 Å². The first kappa shape index (κ1) is 19.6.